The Morgan fingerprint density at radius 2 is 1.15 bits per heavy atom. The topological polar surface area (TPSA) is 38.7 Å². The van der Waals surface area contributed by atoms with Gasteiger partial charge < -0.3 is 14.6 Å². The summed E-state index contributed by atoms with van der Waals surface area (Å²) >= 11 is 0. The third kappa shape index (κ3) is 4.06. The Labute approximate surface area is 154 Å². The fourth-order valence-electron chi connectivity index (χ4n) is 2.99. The Morgan fingerprint density at radius 1 is 0.654 bits per heavy atom. The molecule has 0 amide bonds. The Kier molecular flexibility index (Phi) is 5.92. The maximum Gasteiger partial charge on any atom is 0.119 e. The first-order valence-electron chi connectivity index (χ1n) is 8.95. The summed E-state index contributed by atoms with van der Waals surface area (Å²) in [6.45, 7) is 5.24. The number of aliphatic hydroxyl groups excluding tert-OH is 1. The largest absolute Gasteiger partial charge is 0.494 e. The molecule has 0 aromatic heterocycles. The van der Waals surface area contributed by atoms with Crippen molar-refractivity contribution >= 4 is 0 Å². The third-order valence-electron chi connectivity index (χ3n) is 4.25. The highest BCUT2D eigenvalue weighted by molar-refractivity contribution is 5.74. The highest BCUT2D eigenvalue weighted by atomic mass is 16.5. The lowest BCUT2D eigenvalue weighted by Gasteiger charge is -2.12. The predicted molar refractivity (Wildman–Crippen MR) is 106 cm³/mol. The molecule has 0 fully saturated rings. The summed E-state index contributed by atoms with van der Waals surface area (Å²) < 4.78 is 11.0. The van der Waals surface area contributed by atoms with Crippen LogP contribution in [0.1, 0.15) is 19.4 Å². The fourth-order valence-corrected chi connectivity index (χ4v) is 2.99. The van der Waals surface area contributed by atoms with Crippen molar-refractivity contribution in [1.29, 1.82) is 0 Å². The standard InChI is InChI=1S/C23H24O3/c1-3-25-21-10-5-17(6-11-21)19-9-14-23(20(15-19)16-24)18-7-12-22(13-8-18)26-4-2/h5-15,24H,3-4,16H2,1-2H3. The second kappa shape index (κ2) is 8.54. The predicted octanol–water partition coefficient (Wildman–Crippen LogP) is 5.31. The van der Waals surface area contributed by atoms with Crippen LogP contribution in [0, 0.1) is 0 Å². The van der Waals surface area contributed by atoms with Crippen LogP contribution in [0.25, 0.3) is 22.3 Å². The molecule has 3 aromatic rings. The monoisotopic (exact) mass is 348 g/mol. The van der Waals surface area contributed by atoms with Crippen LogP contribution in [0.4, 0.5) is 0 Å². The van der Waals surface area contributed by atoms with Crippen LogP contribution in [-0.2, 0) is 6.61 Å². The summed E-state index contributed by atoms with van der Waals surface area (Å²) in [5.41, 5.74) is 5.18. The average Bonchev–Trinajstić information content (AvgIpc) is 2.69. The van der Waals surface area contributed by atoms with E-state index in [4.69, 9.17) is 9.47 Å². The molecule has 1 N–H and O–H groups in total. The van der Waals surface area contributed by atoms with E-state index in [1.165, 1.54) is 0 Å². The van der Waals surface area contributed by atoms with Crippen molar-refractivity contribution in [1.82, 2.24) is 0 Å². The summed E-state index contributed by atoms with van der Waals surface area (Å²) in [5, 5.41) is 9.86. The van der Waals surface area contributed by atoms with Crippen LogP contribution in [0.15, 0.2) is 66.7 Å². The smallest absolute Gasteiger partial charge is 0.119 e. The third-order valence-corrected chi connectivity index (χ3v) is 4.25. The number of benzene rings is 3. The minimum Gasteiger partial charge on any atom is -0.494 e. The van der Waals surface area contributed by atoms with Gasteiger partial charge in [-0.15, -0.1) is 0 Å². The molecular formula is C23H24O3. The quantitative estimate of drug-likeness (QED) is 0.629. The van der Waals surface area contributed by atoms with Crippen LogP contribution in [0.2, 0.25) is 0 Å². The summed E-state index contributed by atoms with van der Waals surface area (Å²) in [5.74, 6) is 1.72. The molecule has 0 saturated carbocycles. The van der Waals surface area contributed by atoms with E-state index in [2.05, 4.69) is 12.1 Å². The summed E-state index contributed by atoms with van der Waals surface area (Å²) in [6, 6.07) is 22.2. The lowest BCUT2D eigenvalue weighted by molar-refractivity contribution is 0.282. The zero-order chi connectivity index (χ0) is 18.4. The number of ether oxygens (including phenoxy) is 2. The molecule has 0 unspecified atom stereocenters. The van der Waals surface area contributed by atoms with Gasteiger partial charge in [0, 0.05) is 0 Å². The fraction of sp³-hybridized carbons (Fsp3) is 0.217. The number of rotatable bonds is 7. The molecule has 0 saturated heterocycles. The average molecular weight is 348 g/mol. The molecule has 26 heavy (non-hydrogen) atoms. The van der Waals surface area contributed by atoms with E-state index in [1.54, 1.807) is 0 Å². The molecule has 0 bridgehead atoms. The summed E-state index contributed by atoms with van der Waals surface area (Å²) in [4.78, 5) is 0. The number of hydrogen-bond acceptors (Lipinski definition) is 3. The van der Waals surface area contributed by atoms with Gasteiger partial charge >= 0.3 is 0 Å². The molecule has 0 radical (unpaired) electrons. The second-order valence-electron chi connectivity index (χ2n) is 5.94. The van der Waals surface area contributed by atoms with E-state index in [0.717, 1.165) is 39.3 Å². The van der Waals surface area contributed by atoms with E-state index >= 15 is 0 Å². The SMILES string of the molecule is CCOc1ccc(-c2ccc(-c3ccc(OCC)cc3)c(CO)c2)cc1. The highest BCUT2D eigenvalue weighted by Crippen LogP contribution is 2.31. The van der Waals surface area contributed by atoms with Gasteiger partial charge in [-0.05, 0) is 72.0 Å². The van der Waals surface area contributed by atoms with Crippen LogP contribution in [0.5, 0.6) is 11.5 Å². The van der Waals surface area contributed by atoms with Crippen molar-refractivity contribution in [2.75, 3.05) is 13.2 Å². The molecule has 134 valence electrons. The van der Waals surface area contributed by atoms with Gasteiger partial charge in [0.2, 0.25) is 0 Å². The molecular weight excluding hydrogens is 324 g/mol. The first-order valence-corrected chi connectivity index (χ1v) is 8.95. The Bertz CT molecular complexity index is 836. The first-order chi connectivity index (χ1) is 12.7. The van der Waals surface area contributed by atoms with Crippen LogP contribution >= 0.6 is 0 Å². The van der Waals surface area contributed by atoms with Crippen molar-refractivity contribution in [2.24, 2.45) is 0 Å². The van der Waals surface area contributed by atoms with Gasteiger partial charge in [-0.3, -0.25) is 0 Å². The molecule has 0 heterocycles. The summed E-state index contributed by atoms with van der Waals surface area (Å²) in [7, 11) is 0. The van der Waals surface area contributed by atoms with Gasteiger partial charge in [0.05, 0.1) is 19.8 Å². The molecule has 3 heteroatoms. The maximum atomic E-state index is 9.86. The first kappa shape index (κ1) is 18.0. The van der Waals surface area contributed by atoms with Gasteiger partial charge in [0.15, 0.2) is 0 Å². The molecule has 0 spiro atoms. The molecule has 3 aromatic carbocycles. The van der Waals surface area contributed by atoms with E-state index in [9.17, 15) is 5.11 Å². The van der Waals surface area contributed by atoms with Gasteiger partial charge in [-0.2, -0.15) is 0 Å². The highest BCUT2D eigenvalue weighted by Gasteiger charge is 2.08. The Hall–Kier alpha value is -2.78. The second-order valence-corrected chi connectivity index (χ2v) is 5.94. The van der Waals surface area contributed by atoms with Crippen molar-refractivity contribution in [3.8, 4) is 33.8 Å². The van der Waals surface area contributed by atoms with Gasteiger partial charge in [0.25, 0.3) is 0 Å². The normalized spacial score (nSPS) is 10.6. The Balaban J connectivity index is 1.89. The van der Waals surface area contributed by atoms with E-state index in [-0.39, 0.29) is 6.61 Å². The minimum absolute atomic E-state index is 0.00653. The number of aliphatic hydroxyl groups is 1. The molecule has 3 rings (SSSR count). The summed E-state index contributed by atoms with van der Waals surface area (Å²) in [6.07, 6.45) is 0. The van der Waals surface area contributed by atoms with E-state index in [0.29, 0.717) is 13.2 Å². The molecule has 0 aliphatic heterocycles. The van der Waals surface area contributed by atoms with Crippen molar-refractivity contribution in [3.05, 3.63) is 72.3 Å². The van der Waals surface area contributed by atoms with Gasteiger partial charge in [0.1, 0.15) is 11.5 Å². The van der Waals surface area contributed by atoms with Crippen molar-refractivity contribution < 1.29 is 14.6 Å². The lowest BCUT2D eigenvalue weighted by atomic mass is 9.95. The van der Waals surface area contributed by atoms with Crippen LogP contribution in [-0.4, -0.2) is 18.3 Å². The minimum atomic E-state index is -0.00653. The zero-order valence-electron chi connectivity index (χ0n) is 15.2. The molecule has 0 atom stereocenters. The molecule has 0 aliphatic rings. The number of hydrogen-bond donors (Lipinski definition) is 1. The van der Waals surface area contributed by atoms with Crippen LogP contribution < -0.4 is 9.47 Å². The maximum absolute atomic E-state index is 9.86. The van der Waals surface area contributed by atoms with E-state index < -0.39 is 0 Å². The van der Waals surface area contributed by atoms with E-state index in [1.807, 2.05) is 68.4 Å². The van der Waals surface area contributed by atoms with Gasteiger partial charge in [-0.25, -0.2) is 0 Å². The molecule has 3 nitrogen and oxygen atoms in total. The Morgan fingerprint density at radius 3 is 1.65 bits per heavy atom. The van der Waals surface area contributed by atoms with Crippen LogP contribution in [0.3, 0.4) is 0 Å². The zero-order valence-corrected chi connectivity index (χ0v) is 15.2. The molecule has 0 aliphatic carbocycles. The lowest BCUT2D eigenvalue weighted by Crippen LogP contribution is -1.93. The van der Waals surface area contributed by atoms with Crippen molar-refractivity contribution in [2.45, 2.75) is 20.5 Å². The van der Waals surface area contributed by atoms with Crippen molar-refractivity contribution in [3.63, 3.8) is 0 Å². The van der Waals surface area contributed by atoms with Gasteiger partial charge in [-0.1, -0.05) is 36.4 Å².